The number of hydrogen-bond acceptors (Lipinski definition) is 6. The number of pyridine rings is 1. The van der Waals surface area contributed by atoms with Gasteiger partial charge in [0.2, 0.25) is 9.84 Å². The molecule has 3 rings (SSSR count). The molecule has 0 bridgehead atoms. The minimum absolute atomic E-state index is 0. The molecular weight excluding hydrogens is 378 g/mol. The Kier molecular flexibility index (Phi) is 6.87. The first-order chi connectivity index (χ1) is 12.2. The molecule has 0 amide bonds. The summed E-state index contributed by atoms with van der Waals surface area (Å²) in [4.78, 5) is 14.7. The predicted molar refractivity (Wildman–Crippen MR) is 112 cm³/mol. The molecule has 0 aliphatic rings. The van der Waals surface area contributed by atoms with Crippen LogP contribution in [-0.4, -0.2) is 18.3 Å². The molecule has 28 heavy (non-hydrogen) atoms. The molecule has 1 aromatic heterocycles. The summed E-state index contributed by atoms with van der Waals surface area (Å²) in [5, 5.41) is 11.8. The standard InChI is InChI=1S/C18H17N3O4S.2CH4/c1-11(2)12-6-3-4-8-15(12)26(24,25)16-10-14(19)17-13(7-5-9-20-17)18(16)21(22)23;;/h3-11H,19H2,1-2H3;2*1H4. The first kappa shape index (κ1) is 23.0. The van der Waals surface area contributed by atoms with Crippen molar-refractivity contribution in [1.29, 1.82) is 0 Å². The lowest BCUT2D eigenvalue weighted by atomic mass is 10.0. The van der Waals surface area contributed by atoms with Crippen LogP contribution in [0.3, 0.4) is 0 Å². The van der Waals surface area contributed by atoms with Gasteiger partial charge in [-0.3, -0.25) is 15.1 Å². The van der Waals surface area contributed by atoms with Crippen molar-refractivity contribution < 1.29 is 13.3 Å². The van der Waals surface area contributed by atoms with Crippen molar-refractivity contribution in [2.75, 3.05) is 5.73 Å². The summed E-state index contributed by atoms with van der Waals surface area (Å²) >= 11 is 0. The molecule has 0 aliphatic carbocycles. The highest BCUT2D eigenvalue weighted by atomic mass is 32.2. The fraction of sp³-hybridized carbons (Fsp3) is 0.250. The highest BCUT2D eigenvalue weighted by Gasteiger charge is 2.33. The van der Waals surface area contributed by atoms with Gasteiger partial charge in [-0.2, -0.15) is 0 Å². The molecule has 1 heterocycles. The minimum atomic E-state index is -4.15. The zero-order valence-electron chi connectivity index (χ0n) is 14.2. The highest BCUT2D eigenvalue weighted by molar-refractivity contribution is 7.91. The van der Waals surface area contributed by atoms with E-state index in [1.165, 1.54) is 24.4 Å². The molecule has 0 saturated carbocycles. The van der Waals surface area contributed by atoms with Crippen LogP contribution in [-0.2, 0) is 9.84 Å². The van der Waals surface area contributed by atoms with Gasteiger partial charge in [-0.15, -0.1) is 0 Å². The molecule has 0 radical (unpaired) electrons. The summed E-state index contributed by atoms with van der Waals surface area (Å²) in [5.41, 5.74) is 6.31. The first-order valence-electron chi connectivity index (χ1n) is 7.90. The number of nitrogens with zero attached hydrogens (tertiary/aromatic N) is 2. The summed E-state index contributed by atoms with van der Waals surface area (Å²) in [6.45, 7) is 3.73. The SMILES string of the molecule is C.C.CC(C)c1ccccc1S(=O)(=O)c1cc(N)c2ncccc2c1[N+](=O)[O-]. The third kappa shape index (κ3) is 3.68. The zero-order valence-corrected chi connectivity index (χ0v) is 15.0. The number of aromatic nitrogens is 1. The molecule has 0 unspecified atom stereocenters. The van der Waals surface area contributed by atoms with Crippen LogP contribution in [0.1, 0.15) is 40.2 Å². The van der Waals surface area contributed by atoms with Crippen LogP contribution in [0.5, 0.6) is 0 Å². The van der Waals surface area contributed by atoms with Crippen LogP contribution in [0.2, 0.25) is 0 Å². The topological polar surface area (TPSA) is 116 Å². The Morgan fingerprint density at radius 3 is 2.32 bits per heavy atom. The second-order valence-electron chi connectivity index (χ2n) is 6.17. The van der Waals surface area contributed by atoms with Gasteiger partial charge in [0.25, 0.3) is 5.69 Å². The van der Waals surface area contributed by atoms with Gasteiger partial charge in [0, 0.05) is 6.20 Å². The summed E-state index contributed by atoms with van der Waals surface area (Å²) < 4.78 is 26.6. The second kappa shape index (κ2) is 8.35. The van der Waals surface area contributed by atoms with Gasteiger partial charge in [-0.1, -0.05) is 46.9 Å². The van der Waals surface area contributed by atoms with E-state index in [0.717, 1.165) is 6.07 Å². The third-order valence-corrected chi connectivity index (χ3v) is 6.00. The van der Waals surface area contributed by atoms with E-state index in [0.29, 0.717) is 5.56 Å². The summed E-state index contributed by atoms with van der Waals surface area (Å²) in [5.74, 6) is -0.0699. The van der Waals surface area contributed by atoms with Crippen LogP contribution in [0, 0.1) is 10.1 Å². The Balaban J connectivity index is 0.00000196. The first-order valence-corrected chi connectivity index (χ1v) is 9.39. The molecular formula is C20H25N3O4S. The molecule has 3 aromatic rings. The molecule has 7 nitrogen and oxygen atoms in total. The minimum Gasteiger partial charge on any atom is -0.397 e. The van der Waals surface area contributed by atoms with E-state index in [1.807, 2.05) is 13.8 Å². The number of nitro groups is 1. The number of nitro benzene ring substituents is 1. The van der Waals surface area contributed by atoms with Crippen molar-refractivity contribution in [2.24, 2.45) is 0 Å². The van der Waals surface area contributed by atoms with Crippen molar-refractivity contribution in [3.05, 3.63) is 64.3 Å². The molecule has 0 aliphatic heterocycles. The lowest BCUT2D eigenvalue weighted by molar-refractivity contribution is -0.386. The smallest absolute Gasteiger partial charge is 0.297 e. The van der Waals surface area contributed by atoms with Crippen LogP contribution < -0.4 is 5.73 Å². The van der Waals surface area contributed by atoms with Gasteiger partial charge in [0.15, 0.2) is 4.90 Å². The van der Waals surface area contributed by atoms with Crippen molar-refractivity contribution in [3.63, 3.8) is 0 Å². The maximum atomic E-state index is 13.3. The average Bonchev–Trinajstić information content (AvgIpc) is 2.61. The Morgan fingerprint density at radius 2 is 1.71 bits per heavy atom. The van der Waals surface area contributed by atoms with Gasteiger partial charge < -0.3 is 5.73 Å². The van der Waals surface area contributed by atoms with E-state index in [4.69, 9.17) is 5.73 Å². The van der Waals surface area contributed by atoms with Gasteiger partial charge in [0.05, 0.1) is 20.9 Å². The number of benzene rings is 2. The quantitative estimate of drug-likeness (QED) is 0.374. The molecule has 2 aromatic carbocycles. The summed E-state index contributed by atoms with van der Waals surface area (Å²) in [7, 11) is -4.15. The van der Waals surface area contributed by atoms with Crippen molar-refractivity contribution in [3.8, 4) is 0 Å². The molecule has 0 atom stereocenters. The normalized spacial score (nSPS) is 11.0. The van der Waals surface area contributed by atoms with E-state index in [-0.39, 0.29) is 42.3 Å². The number of anilines is 1. The van der Waals surface area contributed by atoms with Crippen LogP contribution in [0.25, 0.3) is 10.9 Å². The number of fused-ring (bicyclic) bond motifs is 1. The van der Waals surface area contributed by atoms with Gasteiger partial charge in [-0.25, -0.2) is 8.42 Å². The number of nitrogen functional groups attached to an aromatic ring is 1. The highest BCUT2D eigenvalue weighted by Crippen LogP contribution is 2.39. The number of nitrogens with two attached hydrogens (primary N) is 1. The fourth-order valence-electron chi connectivity index (χ4n) is 2.95. The monoisotopic (exact) mass is 403 g/mol. The summed E-state index contributed by atoms with van der Waals surface area (Å²) in [6.07, 6.45) is 1.45. The number of sulfone groups is 1. The van der Waals surface area contributed by atoms with E-state index in [2.05, 4.69) is 4.98 Å². The van der Waals surface area contributed by atoms with Crippen LogP contribution in [0.4, 0.5) is 11.4 Å². The van der Waals surface area contributed by atoms with Gasteiger partial charge in [0.1, 0.15) is 5.52 Å². The molecule has 8 heteroatoms. The van der Waals surface area contributed by atoms with E-state index < -0.39 is 25.3 Å². The Labute approximate surface area is 165 Å². The van der Waals surface area contributed by atoms with Gasteiger partial charge >= 0.3 is 0 Å². The Bertz CT molecular complexity index is 1130. The Morgan fingerprint density at radius 1 is 1.07 bits per heavy atom. The van der Waals surface area contributed by atoms with Gasteiger partial charge in [-0.05, 0) is 35.7 Å². The predicted octanol–water partition coefficient (Wildman–Crippen LogP) is 4.95. The zero-order chi connectivity index (χ0) is 19.1. The lowest BCUT2D eigenvalue weighted by Gasteiger charge is -2.14. The average molecular weight is 404 g/mol. The maximum absolute atomic E-state index is 13.3. The molecule has 150 valence electrons. The van der Waals surface area contributed by atoms with Crippen molar-refractivity contribution >= 4 is 32.1 Å². The summed E-state index contributed by atoms with van der Waals surface area (Å²) in [6, 6.07) is 10.6. The molecule has 0 fully saturated rings. The van der Waals surface area contributed by atoms with Crippen molar-refractivity contribution in [1.82, 2.24) is 4.98 Å². The third-order valence-electron chi connectivity index (χ3n) is 4.16. The molecule has 0 saturated heterocycles. The second-order valence-corrected chi connectivity index (χ2v) is 8.05. The largest absolute Gasteiger partial charge is 0.397 e. The maximum Gasteiger partial charge on any atom is 0.297 e. The Hall–Kier alpha value is -3.00. The van der Waals surface area contributed by atoms with E-state index in [9.17, 15) is 18.5 Å². The van der Waals surface area contributed by atoms with Crippen LogP contribution >= 0.6 is 0 Å². The van der Waals surface area contributed by atoms with Crippen LogP contribution in [0.15, 0.2) is 58.5 Å². The fourth-order valence-corrected chi connectivity index (χ4v) is 4.78. The van der Waals surface area contributed by atoms with E-state index in [1.54, 1.807) is 18.2 Å². The lowest BCUT2D eigenvalue weighted by Crippen LogP contribution is -2.10. The number of hydrogen-bond donors (Lipinski definition) is 1. The number of rotatable bonds is 4. The molecule has 0 spiro atoms. The molecule has 2 N–H and O–H groups in total. The van der Waals surface area contributed by atoms with Crippen molar-refractivity contribution in [2.45, 2.75) is 44.4 Å². The van der Waals surface area contributed by atoms with E-state index >= 15 is 0 Å².